The highest BCUT2D eigenvalue weighted by Gasteiger charge is 2.13. The average Bonchev–Trinajstić information content (AvgIpc) is 2.51. The van der Waals surface area contributed by atoms with Crippen LogP contribution in [-0.2, 0) is 5.11 Å². The minimum atomic E-state index is 0.0750. The Morgan fingerprint density at radius 3 is 1.71 bits per heavy atom. The molecule has 0 fully saturated rings. The summed E-state index contributed by atoms with van der Waals surface area (Å²) in [5.74, 6) is 0.0750. The molecule has 0 aliphatic rings. The summed E-state index contributed by atoms with van der Waals surface area (Å²) in [7, 11) is 0. The number of hydrogen-bond acceptors (Lipinski definition) is 0. The van der Waals surface area contributed by atoms with Gasteiger partial charge >= 0.3 is 0 Å². The van der Waals surface area contributed by atoms with Gasteiger partial charge in [-0.25, -0.2) is 0 Å². The van der Waals surface area contributed by atoms with Crippen molar-refractivity contribution in [1.82, 2.24) is 0 Å². The predicted molar refractivity (Wildman–Crippen MR) is 87.8 cm³/mol. The number of rotatable bonds is 0. The molecule has 1 radical (unpaired) electrons. The molecule has 0 aliphatic carbocycles. The van der Waals surface area contributed by atoms with Crippen molar-refractivity contribution in [2.24, 2.45) is 0 Å². The minimum Gasteiger partial charge on any atom is -0.290 e. The first-order valence-corrected chi connectivity index (χ1v) is 7.09. The zero-order valence-corrected chi connectivity index (χ0v) is 11.3. The zero-order valence-electron chi connectivity index (χ0n) is 11.3. The van der Waals surface area contributed by atoms with E-state index in [0.717, 1.165) is 10.8 Å². The van der Waals surface area contributed by atoms with E-state index in [-0.39, 0.29) is 5.75 Å². The number of hydrogen-bond donors (Lipinski definition) is 0. The van der Waals surface area contributed by atoms with Gasteiger partial charge in [-0.2, -0.15) is 0 Å². The molecule has 1 nitrogen and oxygen atoms in total. The lowest BCUT2D eigenvalue weighted by molar-refractivity contribution is 0.356. The van der Waals surface area contributed by atoms with Gasteiger partial charge < -0.3 is 0 Å². The molecule has 0 unspecified atom stereocenters. The van der Waals surface area contributed by atoms with Crippen LogP contribution in [-0.4, -0.2) is 0 Å². The minimum absolute atomic E-state index is 0.0750. The van der Waals surface area contributed by atoms with E-state index < -0.39 is 0 Å². The van der Waals surface area contributed by atoms with Gasteiger partial charge in [0.05, 0.1) is 0 Å². The summed E-state index contributed by atoms with van der Waals surface area (Å²) in [6, 6.07) is 22.5. The maximum Gasteiger partial charge on any atom is 0.179 e. The maximum absolute atomic E-state index is 12.0. The fourth-order valence-corrected chi connectivity index (χ4v) is 3.63. The smallest absolute Gasteiger partial charge is 0.179 e. The van der Waals surface area contributed by atoms with Crippen molar-refractivity contribution in [3.05, 3.63) is 66.7 Å². The maximum atomic E-state index is 12.0. The molecule has 0 amide bonds. The van der Waals surface area contributed by atoms with E-state index in [1.807, 2.05) is 12.1 Å². The van der Waals surface area contributed by atoms with Crippen molar-refractivity contribution in [1.29, 1.82) is 0 Å². The van der Waals surface area contributed by atoms with Gasteiger partial charge in [0.15, 0.2) is 5.75 Å². The molecule has 0 aromatic heterocycles. The quantitative estimate of drug-likeness (QED) is 0.246. The first kappa shape index (κ1) is 10.9. The lowest BCUT2D eigenvalue weighted by Gasteiger charge is -2.13. The second kappa shape index (κ2) is 3.64. The van der Waals surface area contributed by atoms with E-state index in [1.165, 1.54) is 32.3 Å². The van der Waals surface area contributed by atoms with Crippen LogP contribution < -0.4 is 0 Å². The second-order valence-corrected chi connectivity index (χ2v) is 5.58. The molecule has 0 heterocycles. The van der Waals surface area contributed by atoms with Crippen molar-refractivity contribution in [3.63, 3.8) is 0 Å². The third-order valence-corrected chi connectivity index (χ3v) is 4.44. The summed E-state index contributed by atoms with van der Waals surface area (Å²) in [6.07, 6.45) is 0. The van der Waals surface area contributed by atoms with Crippen molar-refractivity contribution in [2.75, 3.05) is 0 Å². The van der Waals surface area contributed by atoms with Gasteiger partial charge in [0.2, 0.25) is 0 Å². The summed E-state index contributed by atoms with van der Waals surface area (Å²) in [5.41, 5.74) is 0. The van der Waals surface area contributed by atoms with Crippen LogP contribution in [0.5, 0.6) is 5.75 Å². The Morgan fingerprint density at radius 1 is 0.524 bits per heavy atom. The van der Waals surface area contributed by atoms with Gasteiger partial charge in [-0.05, 0) is 55.2 Å². The molecule has 5 aromatic carbocycles. The van der Waals surface area contributed by atoms with Crippen molar-refractivity contribution in [3.8, 4) is 5.75 Å². The SMILES string of the molecule is [O]c1cc2cccc3c4cccc5cccc(c(c1)c23)c54. The van der Waals surface area contributed by atoms with Crippen LogP contribution in [0.15, 0.2) is 66.7 Å². The molecule has 1 heteroatoms. The Bertz CT molecular complexity index is 1130. The van der Waals surface area contributed by atoms with Crippen molar-refractivity contribution < 1.29 is 5.11 Å². The highest BCUT2D eigenvalue weighted by Crippen LogP contribution is 2.41. The summed E-state index contributed by atoms with van der Waals surface area (Å²) in [4.78, 5) is 0. The molecule has 0 saturated heterocycles. The zero-order chi connectivity index (χ0) is 14.0. The number of benzene rings is 5. The van der Waals surface area contributed by atoms with Gasteiger partial charge in [-0.1, -0.05) is 54.6 Å². The third kappa shape index (κ3) is 1.30. The lowest BCUT2D eigenvalue weighted by atomic mass is 9.90. The highest BCUT2D eigenvalue weighted by atomic mass is 16.3. The predicted octanol–water partition coefficient (Wildman–Crippen LogP) is 5.88. The number of fused-ring (bicyclic) bond motifs is 2. The average molecular weight is 267 g/mol. The van der Waals surface area contributed by atoms with E-state index in [9.17, 15) is 5.11 Å². The second-order valence-electron chi connectivity index (χ2n) is 5.58. The first-order valence-electron chi connectivity index (χ1n) is 7.09. The van der Waals surface area contributed by atoms with E-state index in [4.69, 9.17) is 0 Å². The lowest BCUT2D eigenvalue weighted by Crippen LogP contribution is -1.86. The Balaban J connectivity index is 2.29. The molecule has 5 rings (SSSR count). The van der Waals surface area contributed by atoms with Gasteiger partial charge in [0.25, 0.3) is 0 Å². The Labute approximate surface area is 121 Å². The van der Waals surface area contributed by atoms with Crippen molar-refractivity contribution >= 4 is 43.1 Å². The molecular weight excluding hydrogens is 256 g/mol. The van der Waals surface area contributed by atoms with Crippen LogP contribution >= 0.6 is 0 Å². The van der Waals surface area contributed by atoms with Crippen LogP contribution in [0.3, 0.4) is 0 Å². The van der Waals surface area contributed by atoms with Crippen LogP contribution in [0, 0.1) is 0 Å². The summed E-state index contributed by atoms with van der Waals surface area (Å²) in [5, 5.41) is 21.5. The fourth-order valence-electron chi connectivity index (χ4n) is 3.63. The third-order valence-electron chi connectivity index (χ3n) is 4.44. The van der Waals surface area contributed by atoms with Crippen LogP contribution in [0.25, 0.3) is 43.1 Å². The molecule has 5 aromatic rings. The van der Waals surface area contributed by atoms with E-state index in [1.54, 1.807) is 12.1 Å². The monoisotopic (exact) mass is 267 g/mol. The van der Waals surface area contributed by atoms with Crippen molar-refractivity contribution in [2.45, 2.75) is 0 Å². The van der Waals surface area contributed by atoms with Crippen LogP contribution in [0.1, 0.15) is 0 Å². The normalized spacial score (nSPS) is 12.0. The molecule has 0 aliphatic heterocycles. The summed E-state index contributed by atoms with van der Waals surface area (Å²) in [6.45, 7) is 0. The first-order chi connectivity index (χ1) is 10.3. The van der Waals surface area contributed by atoms with Crippen LogP contribution in [0.4, 0.5) is 0 Å². The van der Waals surface area contributed by atoms with E-state index >= 15 is 0 Å². The molecule has 97 valence electrons. The Morgan fingerprint density at radius 2 is 1.05 bits per heavy atom. The summed E-state index contributed by atoms with van der Waals surface area (Å²) >= 11 is 0. The Kier molecular flexibility index (Phi) is 1.90. The molecular formula is C20H11O. The molecule has 0 saturated carbocycles. The van der Waals surface area contributed by atoms with Gasteiger partial charge in [-0.3, -0.25) is 5.11 Å². The highest BCUT2D eigenvalue weighted by molar-refractivity contribution is 6.33. The topological polar surface area (TPSA) is 19.9 Å². The van der Waals surface area contributed by atoms with Crippen LogP contribution in [0.2, 0.25) is 0 Å². The molecule has 0 atom stereocenters. The standard InChI is InChI=1S/C20H11O/c21-14-10-13-6-3-8-16-15-7-1-4-12-5-2-9-17(19(12)15)18(11-14)20(13)16/h1-11H. The van der Waals surface area contributed by atoms with E-state index in [0.29, 0.717) is 0 Å². The van der Waals surface area contributed by atoms with Gasteiger partial charge in [0.1, 0.15) is 0 Å². The van der Waals surface area contributed by atoms with Gasteiger partial charge in [-0.15, -0.1) is 0 Å². The summed E-state index contributed by atoms with van der Waals surface area (Å²) < 4.78 is 0. The largest absolute Gasteiger partial charge is 0.290 e. The van der Waals surface area contributed by atoms with Gasteiger partial charge in [0, 0.05) is 0 Å². The van der Waals surface area contributed by atoms with E-state index in [2.05, 4.69) is 42.5 Å². The molecule has 0 spiro atoms. The molecule has 0 bridgehead atoms. The molecule has 21 heavy (non-hydrogen) atoms. The molecule has 0 N–H and O–H groups in total. The fraction of sp³-hybridized carbons (Fsp3) is 0. The Hall–Kier alpha value is -2.80.